The van der Waals surface area contributed by atoms with Crippen molar-refractivity contribution in [1.82, 2.24) is 0 Å². The summed E-state index contributed by atoms with van der Waals surface area (Å²) in [6, 6.07) is 2.29. The number of nitrogens with zero attached hydrogens (tertiary/aromatic N) is 1. The Bertz CT molecular complexity index is 258. The molecule has 0 N–H and O–H groups in total. The summed E-state index contributed by atoms with van der Waals surface area (Å²) >= 11 is 0. The monoisotopic (exact) mass is 197 g/mol. The molecule has 0 aromatic heterocycles. The van der Waals surface area contributed by atoms with Crippen molar-refractivity contribution < 1.29 is 14.2 Å². The third-order valence-corrected chi connectivity index (χ3v) is 3.05. The minimum atomic E-state index is -0.654. The number of hydrogen-bond acceptors (Lipinski definition) is 4. The summed E-state index contributed by atoms with van der Waals surface area (Å²) in [7, 11) is 0. The molecule has 0 amide bonds. The molecular weight excluding hydrogens is 182 g/mol. The first-order valence-electron chi connectivity index (χ1n) is 4.88. The molecule has 2 rings (SSSR count). The van der Waals surface area contributed by atoms with Gasteiger partial charge in [0.1, 0.15) is 6.61 Å². The summed E-state index contributed by atoms with van der Waals surface area (Å²) in [6.07, 6.45) is 0. The zero-order valence-corrected chi connectivity index (χ0v) is 8.58. The lowest BCUT2D eigenvalue weighted by Crippen LogP contribution is -2.45. The van der Waals surface area contributed by atoms with Gasteiger partial charge in [-0.2, -0.15) is 5.26 Å². The van der Waals surface area contributed by atoms with Crippen LogP contribution in [0.4, 0.5) is 0 Å². The highest BCUT2D eigenvalue weighted by molar-refractivity contribution is 5.05. The normalized spacial score (nSPS) is 30.8. The first-order valence-corrected chi connectivity index (χ1v) is 4.88. The van der Waals surface area contributed by atoms with Crippen molar-refractivity contribution in [3.63, 3.8) is 0 Å². The average molecular weight is 197 g/mol. The van der Waals surface area contributed by atoms with E-state index in [-0.39, 0.29) is 5.92 Å². The summed E-state index contributed by atoms with van der Waals surface area (Å²) in [6.45, 7) is 5.99. The first kappa shape index (κ1) is 9.91. The molecule has 0 saturated carbocycles. The summed E-state index contributed by atoms with van der Waals surface area (Å²) in [5.41, 5.74) is -0.471. The van der Waals surface area contributed by atoms with Crippen LogP contribution in [-0.2, 0) is 14.2 Å². The maximum atomic E-state index is 9.08. The van der Waals surface area contributed by atoms with Crippen LogP contribution in [-0.4, -0.2) is 32.2 Å². The third kappa shape index (κ3) is 1.33. The Morgan fingerprint density at radius 1 is 1.36 bits per heavy atom. The lowest BCUT2D eigenvalue weighted by Gasteiger charge is -2.34. The molecule has 1 spiro atoms. The molecule has 1 atom stereocenters. The lowest BCUT2D eigenvalue weighted by molar-refractivity contribution is -0.192. The number of hydrogen-bond donors (Lipinski definition) is 0. The van der Waals surface area contributed by atoms with E-state index in [1.807, 2.05) is 13.8 Å². The van der Waals surface area contributed by atoms with Crippen LogP contribution in [0.25, 0.3) is 0 Å². The van der Waals surface area contributed by atoms with E-state index in [0.29, 0.717) is 26.4 Å². The van der Waals surface area contributed by atoms with Gasteiger partial charge in [-0.3, -0.25) is 0 Å². The van der Waals surface area contributed by atoms with Crippen LogP contribution in [0.5, 0.6) is 0 Å². The number of ether oxygens (including phenoxy) is 3. The Balaban J connectivity index is 2.23. The predicted octanol–water partition coefficient (Wildman–Crippen LogP) is 0.926. The molecule has 0 aromatic carbocycles. The van der Waals surface area contributed by atoms with Crippen molar-refractivity contribution >= 4 is 0 Å². The van der Waals surface area contributed by atoms with Gasteiger partial charge >= 0.3 is 0 Å². The highest BCUT2D eigenvalue weighted by Gasteiger charge is 2.55. The standard InChI is InChI=1S/C10H15NO3/c1-9(2,6-11)8-5-12-7-10(8)13-3-4-14-10/h8H,3-5,7H2,1-2H3/t8-/m1/s1. The van der Waals surface area contributed by atoms with Crippen LogP contribution in [0.2, 0.25) is 0 Å². The molecule has 0 bridgehead atoms. The van der Waals surface area contributed by atoms with Gasteiger partial charge in [0, 0.05) is 0 Å². The van der Waals surface area contributed by atoms with Crippen molar-refractivity contribution in [3.8, 4) is 6.07 Å². The van der Waals surface area contributed by atoms with Gasteiger partial charge in [0.25, 0.3) is 0 Å². The molecule has 4 heteroatoms. The van der Waals surface area contributed by atoms with Crippen molar-refractivity contribution in [3.05, 3.63) is 0 Å². The summed E-state index contributed by atoms with van der Waals surface area (Å²) in [4.78, 5) is 0. The van der Waals surface area contributed by atoms with Gasteiger partial charge in [0.2, 0.25) is 0 Å². The Morgan fingerprint density at radius 2 is 2.00 bits per heavy atom. The van der Waals surface area contributed by atoms with Crippen LogP contribution in [0.3, 0.4) is 0 Å². The van der Waals surface area contributed by atoms with Gasteiger partial charge in [-0.05, 0) is 13.8 Å². The van der Waals surface area contributed by atoms with Crippen LogP contribution < -0.4 is 0 Å². The van der Waals surface area contributed by atoms with E-state index in [1.165, 1.54) is 0 Å². The zero-order chi connectivity index (χ0) is 10.2. The summed E-state index contributed by atoms with van der Waals surface area (Å²) in [5, 5.41) is 9.08. The molecule has 2 aliphatic rings. The van der Waals surface area contributed by atoms with E-state index in [2.05, 4.69) is 6.07 Å². The smallest absolute Gasteiger partial charge is 0.198 e. The second-order valence-electron chi connectivity index (χ2n) is 4.41. The maximum absolute atomic E-state index is 9.08. The molecule has 4 nitrogen and oxygen atoms in total. The van der Waals surface area contributed by atoms with Gasteiger partial charge in [-0.1, -0.05) is 0 Å². The van der Waals surface area contributed by atoms with Crippen LogP contribution >= 0.6 is 0 Å². The number of rotatable bonds is 1. The van der Waals surface area contributed by atoms with Gasteiger partial charge in [-0.15, -0.1) is 0 Å². The Kier molecular flexibility index (Phi) is 2.26. The Hall–Kier alpha value is -0.630. The van der Waals surface area contributed by atoms with E-state index in [1.54, 1.807) is 0 Å². The van der Waals surface area contributed by atoms with Crippen molar-refractivity contribution in [2.24, 2.45) is 11.3 Å². The molecule has 2 heterocycles. The molecule has 0 radical (unpaired) electrons. The van der Waals surface area contributed by atoms with E-state index in [4.69, 9.17) is 19.5 Å². The zero-order valence-electron chi connectivity index (χ0n) is 8.58. The topological polar surface area (TPSA) is 51.5 Å². The molecule has 2 saturated heterocycles. The van der Waals surface area contributed by atoms with Gasteiger partial charge in [0.05, 0.1) is 37.2 Å². The minimum Gasteiger partial charge on any atom is -0.375 e. The van der Waals surface area contributed by atoms with Gasteiger partial charge < -0.3 is 14.2 Å². The largest absolute Gasteiger partial charge is 0.375 e. The van der Waals surface area contributed by atoms with Crippen LogP contribution in [0, 0.1) is 22.7 Å². The molecule has 2 aliphatic heterocycles. The molecule has 78 valence electrons. The van der Waals surface area contributed by atoms with E-state index >= 15 is 0 Å². The van der Waals surface area contributed by atoms with Crippen LogP contribution in [0.15, 0.2) is 0 Å². The fraction of sp³-hybridized carbons (Fsp3) is 0.900. The van der Waals surface area contributed by atoms with Gasteiger partial charge in [-0.25, -0.2) is 0 Å². The first-order chi connectivity index (χ1) is 6.61. The van der Waals surface area contributed by atoms with Gasteiger partial charge in [0.15, 0.2) is 5.79 Å². The molecule has 0 unspecified atom stereocenters. The van der Waals surface area contributed by atoms with E-state index in [9.17, 15) is 0 Å². The fourth-order valence-electron chi connectivity index (χ4n) is 2.14. The minimum absolute atomic E-state index is 0.00231. The van der Waals surface area contributed by atoms with E-state index < -0.39 is 11.2 Å². The highest BCUT2D eigenvalue weighted by atomic mass is 16.8. The average Bonchev–Trinajstić information content (AvgIpc) is 2.77. The molecule has 0 aromatic rings. The van der Waals surface area contributed by atoms with Crippen molar-refractivity contribution in [2.75, 3.05) is 26.4 Å². The second-order valence-corrected chi connectivity index (χ2v) is 4.41. The summed E-state index contributed by atoms with van der Waals surface area (Å²) in [5.74, 6) is -0.651. The van der Waals surface area contributed by atoms with Crippen molar-refractivity contribution in [1.29, 1.82) is 5.26 Å². The van der Waals surface area contributed by atoms with Crippen LogP contribution in [0.1, 0.15) is 13.8 Å². The SMILES string of the molecule is CC(C)(C#N)[C@H]1COCC12OCCO2. The van der Waals surface area contributed by atoms with Crippen molar-refractivity contribution in [2.45, 2.75) is 19.6 Å². The van der Waals surface area contributed by atoms with E-state index in [0.717, 1.165) is 0 Å². The molecule has 14 heavy (non-hydrogen) atoms. The molecule has 0 aliphatic carbocycles. The highest BCUT2D eigenvalue weighted by Crippen LogP contribution is 2.43. The Morgan fingerprint density at radius 3 is 2.57 bits per heavy atom. The molecular formula is C10H15NO3. The lowest BCUT2D eigenvalue weighted by atomic mass is 9.77. The number of nitriles is 1. The fourth-order valence-corrected chi connectivity index (χ4v) is 2.14. The third-order valence-electron chi connectivity index (χ3n) is 3.05. The predicted molar refractivity (Wildman–Crippen MR) is 48.3 cm³/mol. The summed E-state index contributed by atoms with van der Waals surface area (Å²) < 4.78 is 16.6. The molecule has 2 fully saturated rings. The quantitative estimate of drug-likeness (QED) is 0.627. The maximum Gasteiger partial charge on any atom is 0.198 e. The Labute approximate surface area is 83.7 Å². The second kappa shape index (κ2) is 3.20.